The molecule has 0 saturated heterocycles. The average molecular weight is 806 g/mol. The first kappa shape index (κ1) is 54.7. The van der Waals surface area contributed by atoms with Crippen molar-refractivity contribution in [2.75, 3.05) is 26.2 Å². The number of carbonyl (C=O) groups excluding carboxylic acids is 3. The first-order chi connectivity index (χ1) is 27.8. The van der Waals surface area contributed by atoms with E-state index in [2.05, 4.69) is 24.2 Å². The summed E-state index contributed by atoms with van der Waals surface area (Å²) in [5.41, 5.74) is 10.8. The summed E-state index contributed by atoms with van der Waals surface area (Å²) in [7, 11) is 0. The van der Waals surface area contributed by atoms with E-state index in [4.69, 9.17) is 16.2 Å². The minimum absolute atomic E-state index is 0.00559. The second kappa shape index (κ2) is 43.3. The molecule has 0 aromatic carbocycles. The molecule has 0 aliphatic carbocycles. The van der Waals surface area contributed by atoms with Crippen molar-refractivity contribution >= 4 is 23.7 Å². The summed E-state index contributed by atoms with van der Waals surface area (Å²) in [5, 5.41) is 2.79. The molecule has 57 heavy (non-hydrogen) atoms. The Morgan fingerprint density at radius 1 is 0.509 bits per heavy atom. The van der Waals surface area contributed by atoms with E-state index >= 15 is 0 Å². The fourth-order valence-electron chi connectivity index (χ4n) is 7.70. The molecule has 0 aromatic heterocycles. The number of rotatable bonds is 44. The summed E-state index contributed by atoms with van der Waals surface area (Å²) in [5.74, 6) is -0.759. The van der Waals surface area contributed by atoms with Gasteiger partial charge in [-0.15, -0.1) is 0 Å². The van der Waals surface area contributed by atoms with Crippen LogP contribution in [0.25, 0.3) is 0 Å². The van der Waals surface area contributed by atoms with Gasteiger partial charge in [0.25, 0.3) is 0 Å². The Balaban J connectivity index is 4.55. The van der Waals surface area contributed by atoms with Gasteiger partial charge in [-0.25, -0.2) is 4.79 Å². The fourth-order valence-corrected chi connectivity index (χ4v) is 7.70. The van der Waals surface area contributed by atoms with Gasteiger partial charge in [-0.05, 0) is 32.6 Å². The van der Waals surface area contributed by atoms with Crippen LogP contribution < -0.4 is 16.8 Å². The number of hydrogen-bond donors (Lipinski definition) is 3. The van der Waals surface area contributed by atoms with E-state index in [1.54, 1.807) is 6.92 Å². The molecule has 1 unspecified atom stereocenters. The van der Waals surface area contributed by atoms with Crippen molar-refractivity contribution in [1.82, 2.24) is 10.2 Å². The molecule has 9 nitrogen and oxygen atoms in total. The Kier molecular flexibility index (Phi) is 41.5. The third-order valence-electron chi connectivity index (χ3n) is 11.3. The maximum absolute atomic E-state index is 13.4. The van der Waals surface area contributed by atoms with Gasteiger partial charge in [-0.2, -0.15) is 0 Å². The maximum Gasteiger partial charge on any atom is 0.328 e. The van der Waals surface area contributed by atoms with E-state index in [9.17, 15) is 14.4 Å². The molecule has 9 heteroatoms. The molecule has 0 radical (unpaired) electrons. The summed E-state index contributed by atoms with van der Waals surface area (Å²) in [6.45, 7) is 8.40. The summed E-state index contributed by atoms with van der Waals surface area (Å²) in [4.78, 5) is 44.8. The monoisotopic (exact) mass is 806 g/mol. The lowest BCUT2D eigenvalue weighted by molar-refractivity contribution is -0.147. The van der Waals surface area contributed by atoms with Gasteiger partial charge in [0.15, 0.2) is 5.96 Å². The number of unbranched alkanes of at least 4 members (excludes halogenated alkanes) is 30. The highest BCUT2D eigenvalue weighted by Crippen LogP contribution is 2.16. The second-order valence-corrected chi connectivity index (χ2v) is 16.8. The third-order valence-corrected chi connectivity index (χ3v) is 11.3. The third kappa shape index (κ3) is 38.9. The number of nitrogens with two attached hydrogens (primary N) is 2. The van der Waals surface area contributed by atoms with Crippen molar-refractivity contribution in [3.05, 3.63) is 0 Å². The van der Waals surface area contributed by atoms with Crippen molar-refractivity contribution < 1.29 is 19.1 Å². The number of guanidine groups is 1. The van der Waals surface area contributed by atoms with E-state index in [0.29, 0.717) is 19.4 Å². The van der Waals surface area contributed by atoms with Gasteiger partial charge in [0.05, 0.1) is 6.61 Å². The molecule has 0 bridgehead atoms. The molecule has 0 fully saturated rings. The minimum Gasteiger partial charge on any atom is -0.464 e. The molecule has 0 saturated carbocycles. The van der Waals surface area contributed by atoms with E-state index in [0.717, 1.165) is 38.8 Å². The van der Waals surface area contributed by atoms with Crippen molar-refractivity contribution in [2.45, 2.75) is 258 Å². The zero-order valence-electron chi connectivity index (χ0n) is 38.0. The Labute approximate surface area is 352 Å². The van der Waals surface area contributed by atoms with E-state index < -0.39 is 12.0 Å². The molecule has 1 atom stereocenters. The van der Waals surface area contributed by atoms with E-state index in [1.807, 2.05) is 4.90 Å². The first-order valence-corrected chi connectivity index (χ1v) is 24.6. The molecule has 0 rings (SSSR count). The Bertz CT molecular complexity index is 906. The van der Waals surface area contributed by atoms with Gasteiger partial charge in [-0.1, -0.05) is 206 Å². The van der Waals surface area contributed by atoms with Crippen LogP contribution in [0.1, 0.15) is 252 Å². The van der Waals surface area contributed by atoms with Crippen LogP contribution in [-0.2, 0) is 19.1 Å². The first-order valence-electron chi connectivity index (χ1n) is 24.6. The standard InChI is InChI=1S/C48H95N5O4/c1-4-7-9-11-13-15-17-19-21-23-25-27-29-31-33-35-42-53(43-36-34-32-30-28-26-24-22-20-18-16-14-12-10-8-5-2)46(55)40-39-45(54)52-44(47(56)57-6-3)38-37-41-51-48(49)50/h44H,4-43H2,1-3H3,(H,52,54)(H4,49,50,51). The summed E-state index contributed by atoms with van der Waals surface area (Å²) in [6, 6.07) is -0.784. The van der Waals surface area contributed by atoms with Crippen molar-refractivity contribution in [3.63, 3.8) is 0 Å². The van der Waals surface area contributed by atoms with Crippen molar-refractivity contribution in [3.8, 4) is 0 Å². The van der Waals surface area contributed by atoms with Gasteiger partial charge in [0.2, 0.25) is 11.8 Å². The summed E-state index contributed by atoms with van der Waals surface area (Å²) in [6.07, 6.45) is 43.5. The van der Waals surface area contributed by atoms with Gasteiger partial charge >= 0.3 is 5.97 Å². The number of amides is 2. The zero-order chi connectivity index (χ0) is 41.9. The average Bonchev–Trinajstić information content (AvgIpc) is 3.19. The molecule has 0 spiro atoms. The maximum atomic E-state index is 13.4. The van der Waals surface area contributed by atoms with Crippen LogP contribution in [0.15, 0.2) is 4.99 Å². The van der Waals surface area contributed by atoms with Crippen molar-refractivity contribution in [2.24, 2.45) is 16.5 Å². The van der Waals surface area contributed by atoms with Gasteiger partial charge in [-0.3, -0.25) is 14.6 Å². The van der Waals surface area contributed by atoms with Gasteiger partial charge in [0.1, 0.15) is 6.04 Å². The van der Waals surface area contributed by atoms with Crippen LogP contribution in [0.2, 0.25) is 0 Å². The Hall–Kier alpha value is -2.32. The van der Waals surface area contributed by atoms with E-state index in [-0.39, 0.29) is 37.2 Å². The van der Waals surface area contributed by atoms with E-state index in [1.165, 1.54) is 180 Å². The normalized spacial score (nSPS) is 11.7. The van der Waals surface area contributed by atoms with Crippen LogP contribution in [0.3, 0.4) is 0 Å². The zero-order valence-corrected chi connectivity index (χ0v) is 38.0. The lowest BCUT2D eigenvalue weighted by atomic mass is 10.0. The fraction of sp³-hybridized carbons (Fsp3) is 0.917. The number of esters is 1. The van der Waals surface area contributed by atoms with Gasteiger partial charge < -0.3 is 26.4 Å². The predicted octanol–water partition coefficient (Wildman–Crippen LogP) is 12.2. The molecule has 2 amide bonds. The number of aliphatic imine (C=N–C) groups is 1. The van der Waals surface area contributed by atoms with Gasteiger partial charge in [0, 0.05) is 32.5 Å². The SMILES string of the molecule is CCCCCCCCCCCCCCCCCCN(CCCCCCCCCCCCCCCCCC)C(=O)CCC(=O)NC(CCCN=C(N)N)C(=O)OCC. The number of nitrogens with one attached hydrogen (secondary N) is 1. The highest BCUT2D eigenvalue weighted by atomic mass is 16.5. The highest BCUT2D eigenvalue weighted by molar-refractivity contribution is 5.87. The number of hydrogen-bond acceptors (Lipinski definition) is 5. The van der Waals surface area contributed by atoms with Crippen molar-refractivity contribution in [1.29, 1.82) is 0 Å². The predicted molar refractivity (Wildman–Crippen MR) is 243 cm³/mol. The van der Waals surface area contributed by atoms with Crippen LogP contribution >= 0.6 is 0 Å². The molecule has 0 heterocycles. The Morgan fingerprint density at radius 3 is 1.19 bits per heavy atom. The molecule has 0 aromatic rings. The quantitative estimate of drug-likeness (QED) is 0.0242. The molecule has 0 aliphatic heterocycles. The molecular formula is C48H95N5O4. The van der Waals surface area contributed by atoms with Crippen LogP contribution in [-0.4, -0.2) is 60.9 Å². The topological polar surface area (TPSA) is 140 Å². The number of ether oxygens (including phenoxy) is 1. The number of nitrogens with zero attached hydrogens (tertiary/aromatic N) is 2. The lowest BCUT2D eigenvalue weighted by Crippen LogP contribution is -2.42. The largest absolute Gasteiger partial charge is 0.464 e. The lowest BCUT2D eigenvalue weighted by Gasteiger charge is -2.23. The summed E-state index contributed by atoms with van der Waals surface area (Å²) >= 11 is 0. The van der Waals surface area contributed by atoms with Crippen LogP contribution in [0.5, 0.6) is 0 Å². The molecule has 336 valence electrons. The molecule has 5 N–H and O–H groups in total. The minimum atomic E-state index is -0.784. The molecular weight excluding hydrogens is 711 g/mol. The Morgan fingerprint density at radius 2 is 0.860 bits per heavy atom. The van der Waals surface area contributed by atoms with Crippen LogP contribution in [0, 0.1) is 0 Å². The number of carbonyl (C=O) groups is 3. The highest BCUT2D eigenvalue weighted by Gasteiger charge is 2.23. The van der Waals surface area contributed by atoms with Crippen LogP contribution in [0.4, 0.5) is 0 Å². The molecule has 0 aliphatic rings. The smallest absolute Gasteiger partial charge is 0.328 e. The summed E-state index contributed by atoms with van der Waals surface area (Å²) < 4.78 is 5.18. The second-order valence-electron chi connectivity index (χ2n) is 16.8.